The first kappa shape index (κ1) is 7.37. The largest absolute Gasteiger partial charge is 0.213 e. The van der Waals surface area contributed by atoms with Gasteiger partial charge in [0.25, 0.3) is 0 Å². The molecule has 0 rings (SSSR count). The number of rotatable bonds is 3. The number of hydrogen-bond donors (Lipinski definition) is 0. The van der Waals surface area contributed by atoms with Gasteiger partial charge < -0.3 is 0 Å². The lowest BCUT2D eigenvalue weighted by atomic mass is 10.4. The van der Waals surface area contributed by atoms with Crippen molar-refractivity contribution in [1.29, 1.82) is 0 Å². The molecular formula is C4H7BrOS. The molecule has 0 atom stereocenters. The molecule has 0 bridgehead atoms. The van der Waals surface area contributed by atoms with Crippen LogP contribution in [0.1, 0.15) is 12.8 Å². The summed E-state index contributed by atoms with van der Waals surface area (Å²) < 4.78 is 9.65. The minimum absolute atomic E-state index is 0.546. The van der Waals surface area contributed by atoms with E-state index in [1.807, 2.05) is 0 Å². The molecule has 0 aliphatic heterocycles. The first-order chi connectivity index (χ1) is 3.41. The molecule has 0 aromatic rings. The van der Waals surface area contributed by atoms with Crippen molar-refractivity contribution >= 4 is 32.6 Å². The van der Waals surface area contributed by atoms with Crippen molar-refractivity contribution < 1.29 is 4.21 Å². The Hall–Kier alpha value is 0.370. The molecule has 0 radical (unpaired) electrons. The Morgan fingerprint density at radius 2 is 2.43 bits per heavy atom. The first-order valence-corrected chi connectivity index (χ1v) is 4.00. The summed E-state index contributed by atoms with van der Waals surface area (Å²) >= 11 is 3.79. The van der Waals surface area contributed by atoms with Crippen LogP contribution >= 0.6 is 15.9 Å². The fourth-order valence-electron chi connectivity index (χ4n) is 0.209. The maximum atomic E-state index is 9.65. The molecule has 0 amide bonds. The van der Waals surface area contributed by atoms with Crippen LogP contribution in [-0.4, -0.2) is 14.9 Å². The van der Waals surface area contributed by atoms with Gasteiger partial charge in [0.05, 0.1) is 11.3 Å². The maximum absolute atomic E-state index is 9.65. The van der Waals surface area contributed by atoms with E-state index in [1.54, 1.807) is 5.37 Å². The van der Waals surface area contributed by atoms with Gasteiger partial charge in [0.1, 0.15) is 0 Å². The lowest BCUT2D eigenvalue weighted by Crippen LogP contribution is -1.74. The second-order valence-corrected chi connectivity index (χ2v) is 2.41. The summed E-state index contributed by atoms with van der Waals surface area (Å²) in [5, 5.41) is 2.66. The fraction of sp³-hybridized carbons (Fsp3) is 0.750. The Balaban J connectivity index is 2.83. The van der Waals surface area contributed by atoms with Crippen LogP contribution in [0.25, 0.3) is 0 Å². The third-order valence-electron chi connectivity index (χ3n) is 0.524. The Morgan fingerprint density at radius 3 is 2.86 bits per heavy atom. The molecule has 1 nitrogen and oxygen atoms in total. The van der Waals surface area contributed by atoms with Crippen molar-refractivity contribution in [2.75, 3.05) is 5.33 Å². The highest BCUT2D eigenvalue weighted by Crippen LogP contribution is 1.88. The van der Waals surface area contributed by atoms with Gasteiger partial charge in [-0.1, -0.05) is 15.9 Å². The van der Waals surface area contributed by atoms with Crippen LogP contribution in [0, 0.1) is 0 Å². The Bertz CT molecular complexity index is 77.8. The summed E-state index contributed by atoms with van der Waals surface area (Å²) in [6.45, 7) is 0. The van der Waals surface area contributed by atoms with E-state index in [1.165, 1.54) is 0 Å². The monoisotopic (exact) mass is 182 g/mol. The second kappa shape index (κ2) is 6.37. The summed E-state index contributed by atoms with van der Waals surface area (Å²) in [7, 11) is 0. The van der Waals surface area contributed by atoms with E-state index in [0.29, 0.717) is 11.3 Å². The molecule has 0 N–H and O–H groups in total. The molecule has 0 unspecified atom stereocenters. The minimum Gasteiger partial charge on any atom is -0.213 e. The predicted molar refractivity (Wildman–Crippen MR) is 37.2 cm³/mol. The van der Waals surface area contributed by atoms with E-state index in [2.05, 4.69) is 15.9 Å². The SMILES string of the molecule is O=S=CCCCBr. The normalized spacial score (nSPS) is 8.14. The third kappa shape index (κ3) is 6.37. The molecule has 0 spiro atoms. The van der Waals surface area contributed by atoms with Gasteiger partial charge in [0.2, 0.25) is 0 Å². The number of halogens is 1. The van der Waals surface area contributed by atoms with Crippen molar-refractivity contribution in [3.63, 3.8) is 0 Å². The van der Waals surface area contributed by atoms with Crippen molar-refractivity contribution in [2.45, 2.75) is 12.8 Å². The number of unbranched alkanes of at least 4 members (excludes halogenated alkanes) is 1. The summed E-state index contributed by atoms with van der Waals surface area (Å²) in [5.41, 5.74) is 0. The van der Waals surface area contributed by atoms with Crippen LogP contribution in [0.15, 0.2) is 0 Å². The number of hydrogen-bond acceptors (Lipinski definition) is 1. The van der Waals surface area contributed by atoms with Crippen molar-refractivity contribution in [3.8, 4) is 0 Å². The quantitative estimate of drug-likeness (QED) is 0.364. The van der Waals surface area contributed by atoms with Crippen LogP contribution in [0.2, 0.25) is 0 Å². The van der Waals surface area contributed by atoms with Gasteiger partial charge >= 0.3 is 0 Å². The van der Waals surface area contributed by atoms with Gasteiger partial charge in [-0.3, -0.25) is 0 Å². The zero-order chi connectivity index (χ0) is 5.54. The molecule has 0 saturated carbocycles. The Labute approximate surface area is 55.3 Å². The van der Waals surface area contributed by atoms with Crippen LogP contribution in [0.5, 0.6) is 0 Å². The van der Waals surface area contributed by atoms with Crippen molar-refractivity contribution in [2.24, 2.45) is 0 Å². The summed E-state index contributed by atoms with van der Waals surface area (Å²) in [5.74, 6) is 0. The van der Waals surface area contributed by atoms with Crippen molar-refractivity contribution in [1.82, 2.24) is 0 Å². The molecule has 7 heavy (non-hydrogen) atoms. The molecule has 0 aromatic carbocycles. The molecule has 0 heterocycles. The molecule has 0 aromatic heterocycles. The summed E-state index contributed by atoms with van der Waals surface area (Å²) in [6, 6.07) is 0. The zero-order valence-corrected chi connectivity index (χ0v) is 6.30. The van der Waals surface area contributed by atoms with Crippen LogP contribution in [0.4, 0.5) is 0 Å². The van der Waals surface area contributed by atoms with E-state index in [-0.39, 0.29) is 0 Å². The first-order valence-electron chi connectivity index (χ1n) is 2.08. The second-order valence-electron chi connectivity index (χ2n) is 1.09. The lowest BCUT2D eigenvalue weighted by molar-refractivity contribution is 0.701. The van der Waals surface area contributed by atoms with Crippen LogP contribution in [-0.2, 0) is 11.3 Å². The van der Waals surface area contributed by atoms with Gasteiger partial charge in [-0.25, -0.2) is 4.21 Å². The fourth-order valence-corrected chi connectivity index (χ4v) is 0.795. The molecule has 3 heteroatoms. The van der Waals surface area contributed by atoms with Gasteiger partial charge in [-0.05, 0) is 12.8 Å². The number of alkyl halides is 1. The Morgan fingerprint density at radius 1 is 1.71 bits per heavy atom. The highest BCUT2D eigenvalue weighted by Gasteiger charge is 1.75. The van der Waals surface area contributed by atoms with E-state index in [0.717, 1.165) is 18.2 Å². The average molecular weight is 183 g/mol. The molecule has 0 aliphatic carbocycles. The maximum Gasteiger partial charge on any atom is 0.0841 e. The average Bonchev–Trinajstić information content (AvgIpc) is 1.69. The Kier molecular flexibility index (Phi) is 6.71. The zero-order valence-electron chi connectivity index (χ0n) is 3.89. The van der Waals surface area contributed by atoms with Crippen molar-refractivity contribution in [3.05, 3.63) is 0 Å². The standard InChI is InChI=1S/C4H7BrOS/c5-3-1-2-4-7-6/h4H,1-3H2. The van der Waals surface area contributed by atoms with Crippen LogP contribution < -0.4 is 0 Å². The molecule has 0 fully saturated rings. The topological polar surface area (TPSA) is 17.1 Å². The van der Waals surface area contributed by atoms with Gasteiger partial charge in [-0.15, -0.1) is 0 Å². The molecule has 42 valence electrons. The van der Waals surface area contributed by atoms with E-state index < -0.39 is 0 Å². The van der Waals surface area contributed by atoms with Gasteiger partial charge in [0.15, 0.2) is 0 Å². The van der Waals surface area contributed by atoms with E-state index in [9.17, 15) is 4.21 Å². The molecule has 0 saturated heterocycles. The van der Waals surface area contributed by atoms with E-state index in [4.69, 9.17) is 0 Å². The van der Waals surface area contributed by atoms with Gasteiger partial charge in [0, 0.05) is 10.7 Å². The minimum atomic E-state index is 0.546. The summed E-state index contributed by atoms with van der Waals surface area (Å²) in [6.07, 6.45) is 1.98. The molecular weight excluding hydrogens is 176 g/mol. The lowest BCUT2D eigenvalue weighted by Gasteiger charge is -1.79. The predicted octanol–water partition coefficient (Wildman–Crippen LogP) is 1.18. The smallest absolute Gasteiger partial charge is 0.0841 e. The molecule has 0 aliphatic rings. The van der Waals surface area contributed by atoms with Gasteiger partial charge in [-0.2, -0.15) is 0 Å². The highest BCUT2D eigenvalue weighted by atomic mass is 79.9. The van der Waals surface area contributed by atoms with E-state index >= 15 is 0 Å². The summed E-state index contributed by atoms with van der Waals surface area (Å²) in [4.78, 5) is 0. The van der Waals surface area contributed by atoms with Crippen LogP contribution in [0.3, 0.4) is 0 Å². The third-order valence-corrected chi connectivity index (χ3v) is 1.46. The highest BCUT2D eigenvalue weighted by molar-refractivity contribution is 9.09.